The first-order valence-electron chi connectivity index (χ1n) is 6.95. The molecule has 1 saturated heterocycles. The number of rotatable bonds is 5. The van der Waals surface area contributed by atoms with Crippen LogP contribution >= 0.6 is 0 Å². The van der Waals surface area contributed by atoms with E-state index >= 15 is 0 Å². The van der Waals surface area contributed by atoms with Gasteiger partial charge in [-0.25, -0.2) is 4.79 Å². The maximum Gasteiger partial charge on any atom is 0.335 e. The summed E-state index contributed by atoms with van der Waals surface area (Å²) in [5.41, 5.74) is 0.260. The molecule has 0 amide bonds. The van der Waals surface area contributed by atoms with Crippen LogP contribution in [0.1, 0.15) is 17.3 Å². The average molecular weight is 278 g/mol. The van der Waals surface area contributed by atoms with Crippen LogP contribution in [-0.2, 0) is 0 Å². The summed E-state index contributed by atoms with van der Waals surface area (Å²) in [6.07, 6.45) is 0. The fourth-order valence-corrected chi connectivity index (χ4v) is 2.34. The first-order valence-corrected chi connectivity index (χ1v) is 6.95. The Bertz CT molecular complexity index is 464. The molecule has 1 aromatic rings. The number of carbonyl (C=O) groups is 1. The average Bonchev–Trinajstić information content (AvgIpc) is 2.43. The summed E-state index contributed by atoms with van der Waals surface area (Å²) in [6, 6.07) is 7.20. The van der Waals surface area contributed by atoms with Crippen molar-refractivity contribution in [1.82, 2.24) is 9.80 Å². The molecule has 1 aliphatic rings. The van der Waals surface area contributed by atoms with Gasteiger partial charge in [0.1, 0.15) is 12.4 Å². The first kappa shape index (κ1) is 14.8. The third-order valence-corrected chi connectivity index (χ3v) is 3.80. The van der Waals surface area contributed by atoms with Crippen molar-refractivity contribution in [2.75, 3.05) is 39.8 Å². The molecular weight excluding hydrogens is 256 g/mol. The molecule has 1 unspecified atom stereocenters. The molecule has 0 radical (unpaired) electrons. The molecule has 20 heavy (non-hydrogen) atoms. The molecule has 1 fully saturated rings. The Morgan fingerprint density at radius 3 is 2.95 bits per heavy atom. The number of carboxylic acids is 1. The van der Waals surface area contributed by atoms with E-state index in [1.165, 1.54) is 0 Å². The SMILES string of the molecule is CC1CN(CCOc2cccc(C(=O)O)c2)CCN1C. The molecule has 0 saturated carbocycles. The van der Waals surface area contributed by atoms with E-state index in [4.69, 9.17) is 9.84 Å². The van der Waals surface area contributed by atoms with Crippen LogP contribution in [0, 0.1) is 0 Å². The lowest BCUT2D eigenvalue weighted by Crippen LogP contribution is -2.50. The van der Waals surface area contributed by atoms with Gasteiger partial charge >= 0.3 is 5.97 Å². The minimum atomic E-state index is -0.927. The fraction of sp³-hybridized carbons (Fsp3) is 0.533. The Hall–Kier alpha value is -1.59. The highest BCUT2D eigenvalue weighted by molar-refractivity contribution is 5.87. The molecule has 5 heteroatoms. The molecule has 0 bridgehead atoms. The summed E-state index contributed by atoms with van der Waals surface area (Å²) < 4.78 is 5.64. The number of nitrogens with zero attached hydrogens (tertiary/aromatic N) is 2. The number of hydrogen-bond donors (Lipinski definition) is 1. The molecule has 0 spiro atoms. The highest BCUT2D eigenvalue weighted by Crippen LogP contribution is 2.13. The Labute approximate surface area is 119 Å². The van der Waals surface area contributed by atoms with Gasteiger partial charge in [-0.05, 0) is 32.2 Å². The fourth-order valence-electron chi connectivity index (χ4n) is 2.34. The van der Waals surface area contributed by atoms with Crippen LogP contribution in [0.25, 0.3) is 0 Å². The Balaban J connectivity index is 1.78. The Kier molecular flexibility index (Phi) is 4.98. The number of likely N-dealkylation sites (N-methyl/N-ethyl adjacent to an activating group) is 1. The van der Waals surface area contributed by atoms with E-state index in [1.54, 1.807) is 24.3 Å². The minimum Gasteiger partial charge on any atom is -0.492 e. The zero-order valence-corrected chi connectivity index (χ0v) is 12.1. The van der Waals surface area contributed by atoms with Gasteiger partial charge < -0.3 is 14.7 Å². The van der Waals surface area contributed by atoms with Gasteiger partial charge in [-0.1, -0.05) is 6.07 Å². The van der Waals surface area contributed by atoms with Crippen LogP contribution in [-0.4, -0.2) is 66.8 Å². The molecular formula is C15H22N2O3. The van der Waals surface area contributed by atoms with Gasteiger partial charge in [0.05, 0.1) is 5.56 Å². The number of hydrogen-bond acceptors (Lipinski definition) is 4. The molecule has 0 aromatic heterocycles. The van der Waals surface area contributed by atoms with Crippen molar-refractivity contribution in [2.45, 2.75) is 13.0 Å². The summed E-state index contributed by atoms with van der Waals surface area (Å²) in [4.78, 5) is 15.6. The largest absolute Gasteiger partial charge is 0.492 e. The smallest absolute Gasteiger partial charge is 0.335 e. The van der Waals surface area contributed by atoms with Crippen LogP contribution in [0.5, 0.6) is 5.75 Å². The lowest BCUT2D eigenvalue weighted by Gasteiger charge is -2.37. The first-order chi connectivity index (χ1) is 9.56. The van der Waals surface area contributed by atoms with Crippen LogP contribution in [0.3, 0.4) is 0 Å². The standard InChI is InChI=1S/C15H22N2O3/c1-12-11-17(7-6-16(12)2)8-9-20-14-5-3-4-13(10-14)15(18)19/h3-5,10,12H,6-9,11H2,1-2H3,(H,18,19). The molecule has 0 aliphatic carbocycles. The van der Waals surface area contributed by atoms with E-state index < -0.39 is 5.97 Å². The quantitative estimate of drug-likeness (QED) is 0.882. The summed E-state index contributed by atoms with van der Waals surface area (Å²) in [5.74, 6) is -0.310. The van der Waals surface area contributed by atoms with Gasteiger partial charge in [-0.15, -0.1) is 0 Å². The maximum atomic E-state index is 10.9. The third-order valence-electron chi connectivity index (χ3n) is 3.80. The van der Waals surface area contributed by atoms with Gasteiger partial charge in [0.15, 0.2) is 0 Å². The summed E-state index contributed by atoms with van der Waals surface area (Å²) in [6.45, 7) is 6.86. The van der Waals surface area contributed by atoms with E-state index in [0.29, 0.717) is 18.4 Å². The topological polar surface area (TPSA) is 53.0 Å². The molecule has 1 atom stereocenters. The van der Waals surface area contributed by atoms with E-state index in [9.17, 15) is 4.79 Å². The van der Waals surface area contributed by atoms with Gasteiger partial charge in [0.2, 0.25) is 0 Å². The van der Waals surface area contributed by atoms with Gasteiger partial charge in [-0.2, -0.15) is 0 Å². The van der Waals surface area contributed by atoms with E-state index in [-0.39, 0.29) is 5.56 Å². The molecule has 2 rings (SSSR count). The van der Waals surface area contributed by atoms with Crippen molar-refractivity contribution >= 4 is 5.97 Å². The summed E-state index contributed by atoms with van der Waals surface area (Å²) in [7, 11) is 2.15. The van der Waals surface area contributed by atoms with Crippen LogP contribution in [0.15, 0.2) is 24.3 Å². The van der Waals surface area contributed by atoms with E-state index in [2.05, 4.69) is 23.8 Å². The molecule has 1 heterocycles. The molecule has 1 aliphatic heterocycles. The second-order valence-corrected chi connectivity index (χ2v) is 5.31. The number of benzene rings is 1. The summed E-state index contributed by atoms with van der Waals surface area (Å²) in [5, 5.41) is 8.92. The van der Waals surface area contributed by atoms with Crippen LogP contribution in [0.2, 0.25) is 0 Å². The van der Waals surface area contributed by atoms with Gasteiger partial charge in [-0.3, -0.25) is 4.90 Å². The van der Waals surface area contributed by atoms with Crippen molar-refractivity contribution in [1.29, 1.82) is 0 Å². The highest BCUT2D eigenvalue weighted by atomic mass is 16.5. The maximum absolute atomic E-state index is 10.9. The second kappa shape index (κ2) is 6.72. The Morgan fingerprint density at radius 2 is 2.25 bits per heavy atom. The van der Waals surface area contributed by atoms with Crippen molar-refractivity contribution < 1.29 is 14.6 Å². The highest BCUT2D eigenvalue weighted by Gasteiger charge is 2.20. The molecule has 110 valence electrons. The molecule has 1 N–H and O–H groups in total. The number of aromatic carboxylic acids is 1. The molecule has 1 aromatic carbocycles. The van der Waals surface area contributed by atoms with Gasteiger partial charge in [0.25, 0.3) is 0 Å². The van der Waals surface area contributed by atoms with Crippen molar-refractivity contribution in [3.8, 4) is 5.75 Å². The van der Waals surface area contributed by atoms with Crippen LogP contribution < -0.4 is 4.74 Å². The van der Waals surface area contributed by atoms with Crippen LogP contribution in [0.4, 0.5) is 0 Å². The monoisotopic (exact) mass is 278 g/mol. The van der Waals surface area contributed by atoms with Crippen molar-refractivity contribution in [3.63, 3.8) is 0 Å². The predicted octanol–water partition coefficient (Wildman–Crippen LogP) is 1.40. The molecule has 5 nitrogen and oxygen atoms in total. The number of piperazine rings is 1. The summed E-state index contributed by atoms with van der Waals surface area (Å²) >= 11 is 0. The zero-order chi connectivity index (χ0) is 14.5. The number of carboxylic acid groups (broad SMARTS) is 1. The zero-order valence-electron chi connectivity index (χ0n) is 12.1. The minimum absolute atomic E-state index is 0.260. The second-order valence-electron chi connectivity index (χ2n) is 5.31. The van der Waals surface area contributed by atoms with Crippen molar-refractivity contribution in [3.05, 3.63) is 29.8 Å². The number of ether oxygens (including phenoxy) is 1. The normalized spacial score (nSPS) is 20.8. The third kappa shape index (κ3) is 3.95. The van der Waals surface area contributed by atoms with E-state index in [1.807, 2.05) is 0 Å². The lowest BCUT2D eigenvalue weighted by molar-refractivity contribution is 0.0696. The lowest BCUT2D eigenvalue weighted by atomic mass is 10.2. The Morgan fingerprint density at radius 1 is 1.45 bits per heavy atom. The van der Waals surface area contributed by atoms with Gasteiger partial charge in [0, 0.05) is 32.2 Å². The predicted molar refractivity (Wildman–Crippen MR) is 77.4 cm³/mol. The van der Waals surface area contributed by atoms with E-state index in [0.717, 1.165) is 26.2 Å². The van der Waals surface area contributed by atoms with Crippen molar-refractivity contribution in [2.24, 2.45) is 0 Å².